The average molecular weight is 449 g/mol. The van der Waals surface area contributed by atoms with Crippen molar-refractivity contribution in [2.24, 2.45) is 11.8 Å². The number of ether oxygens (including phenoxy) is 3. The minimum atomic E-state index is -2.18. The molecule has 31 heavy (non-hydrogen) atoms. The molecule has 6 nitrogen and oxygen atoms in total. The summed E-state index contributed by atoms with van der Waals surface area (Å²) in [6.45, 7) is 13.4. The Balaban J connectivity index is 1.83. The minimum absolute atomic E-state index is 0.00687. The lowest BCUT2D eigenvalue weighted by Crippen LogP contribution is -2.55. The van der Waals surface area contributed by atoms with Gasteiger partial charge in [0.05, 0.1) is 19.3 Å². The highest BCUT2D eigenvalue weighted by molar-refractivity contribution is 6.74. The van der Waals surface area contributed by atoms with Crippen LogP contribution in [0.15, 0.2) is 30.3 Å². The summed E-state index contributed by atoms with van der Waals surface area (Å²) in [7, 11) is -2.18. The molecule has 0 radical (unpaired) electrons. The highest BCUT2D eigenvalue weighted by atomic mass is 28.4. The molecule has 1 aromatic carbocycles. The zero-order valence-electron chi connectivity index (χ0n) is 19.6. The second-order valence-electron chi connectivity index (χ2n) is 10.1. The Labute approximate surface area is 186 Å². The van der Waals surface area contributed by atoms with E-state index in [1.165, 1.54) is 0 Å². The molecule has 0 spiro atoms. The number of esters is 2. The van der Waals surface area contributed by atoms with E-state index in [0.717, 1.165) is 5.56 Å². The molecule has 2 aliphatic rings. The molecule has 1 saturated carbocycles. The SMILES string of the molecule is CCOC(=O)[C@@H]1C(=O)O[C@@H]2[C@H]1CC[C@@H](OCc1ccccc1)[C@@H]2O[Si](C)(C)C(C)(C)C. The van der Waals surface area contributed by atoms with Crippen LogP contribution in [-0.4, -0.2) is 45.2 Å². The number of fused-ring (bicyclic) bond motifs is 1. The maximum Gasteiger partial charge on any atom is 0.321 e. The molecule has 0 N–H and O–H groups in total. The number of benzene rings is 1. The summed E-state index contributed by atoms with van der Waals surface area (Å²) in [5, 5.41) is -0.00687. The van der Waals surface area contributed by atoms with Crippen LogP contribution in [0.5, 0.6) is 0 Å². The maximum absolute atomic E-state index is 12.6. The Bertz CT molecular complexity index is 772. The second-order valence-corrected chi connectivity index (χ2v) is 14.8. The number of carbonyl (C=O) groups excluding carboxylic acids is 2. The van der Waals surface area contributed by atoms with Gasteiger partial charge < -0.3 is 18.6 Å². The maximum atomic E-state index is 12.6. The third kappa shape index (κ3) is 5.21. The summed E-state index contributed by atoms with van der Waals surface area (Å²) in [5.74, 6) is -2.10. The largest absolute Gasteiger partial charge is 0.465 e. The van der Waals surface area contributed by atoms with Crippen LogP contribution in [0.4, 0.5) is 0 Å². The van der Waals surface area contributed by atoms with Crippen LogP contribution in [0.2, 0.25) is 18.1 Å². The van der Waals surface area contributed by atoms with Gasteiger partial charge in [-0.1, -0.05) is 51.1 Å². The fourth-order valence-electron chi connectivity index (χ4n) is 4.15. The Morgan fingerprint density at radius 3 is 2.45 bits per heavy atom. The topological polar surface area (TPSA) is 71.1 Å². The van der Waals surface area contributed by atoms with E-state index in [9.17, 15) is 9.59 Å². The Kier molecular flexibility index (Phi) is 7.28. The molecular formula is C24H36O6Si. The molecule has 1 aliphatic heterocycles. The summed E-state index contributed by atoms with van der Waals surface area (Å²) >= 11 is 0. The molecule has 0 unspecified atom stereocenters. The van der Waals surface area contributed by atoms with E-state index in [4.69, 9.17) is 18.6 Å². The van der Waals surface area contributed by atoms with E-state index in [1.807, 2.05) is 30.3 Å². The third-order valence-electron chi connectivity index (χ3n) is 6.92. The number of hydrogen-bond acceptors (Lipinski definition) is 6. The number of carbonyl (C=O) groups is 2. The van der Waals surface area contributed by atoms with Crippen molar-refractivity contribution in [1.82, 2.24) is 0 Å². The summed E-state index contributed by atoms with van der Waals surface area (Å²) in [6, 6.07) is 10.0. The van der Waals surface area contributed by atoms with Gasteiger partial charge in [0, 0.05) is 5.92 Å². The fourth-order valence-corrected chi connectivity index (χ4v) is 5.47. The molecule has 7 heteroatoms. The van der Waals surface area contributed by atoms with E-state index < -0.39 is 38.4 Å². The molecule has 1 aromatic rings. The average Bonchev–Trinajstić information content (AvgIpc) is 3.03. The zero-order valence-corrected chi connectivity index (χ0v) is 20.6. The van der Waals surface area contributed by atoms with Gasteiger partial charge in [0.15, 0.2) is 14.2 Å². The van der Waals surface area contributed by atoms with Crippen molar-refractivity contribution < 1.29 is 28.2 Å². The molecule has 5 atom stereocenters. The smallest absolute Gasteiger partial charge is 0.321 e. The molecule has 2 fully saturated rings. The van der Waals surface area contributed by atoms with Crippen LogP contribution in [-0.2, 0) is 34.8 Å². The first-order valence-corrected chi connectivity index (χ1v) is 14.2. The second kappa shape index (κ2) is 9.43. The van der Waals surface area contributed by atoms with Crippen molar-refractivity contribution in [3.8, 4) is 0 Å². The van der Waals surface area contributed by atoms with E-state index in [0.29, 0.717) is 19.4 Å². The Hall–Kier alpha value is -1.70. The van der Waals surface area contributed by atoms with Gasteiger partial charge in [-0.25, -0.2) is 0 Å². The lowest BCUT2D eigenvalue weighted by Gasteiger charge is -2.45. The van der Waals surface area contributed by atoms with Crippen LogP contribution in [0.3, 0.4) is 0 Å². The molecule has 0 aromatic heterocycles. The van der Waals surface area contributed by atoms with E-state index in [-0.39, 0.29) is 23.7 Å². The fraction of sp³-hybridized carbons (Fsp3) is 0.667. The minimum Gasteiger partial charge on any atom is -0.465 e. The summed E-state index contributed by atoms with van der Waals surface area (Å²) in [4.78, 5) is 25.1. The van der Waals surface area contributed by atoms with Gasteiger partial charge in [-0.05, 0) is 43.5 Å². The molecule has 1 saturated heterocycles. The Morgan fingerprint density at radius 1 is 1.16 bits per heavy atom. The predicted octanol–water partition coefficient (Wildman–Crippen LogP) is 4.48. The van der Waals surface area contributed by atoms with Gasteiger partial charge in [0.2, 0.25) is 0 Å². The van der Waals surface area contributed by atoms with Crippen LogP contribution in [0, 0.1) is 11.8 Å². The molecular weight excluding hydrogens is 412 g/mol. The lowest BCUT2D eigenvalue weighted by atomic mass is 9.77. The molecule has 0 bridgehead atoms. The van der Waals surface area contributed by atoms with Crippen molar-refractivity contribution >= 4 is 20.3 Å². The molecule has 1 heterocycles. The van der Waals surface area contributed by atoms with Gasteiger partial charge in [-0.15, -0.1) is 0 Å². The van der Waals surface area contributed by atoms with Crippen LogP contribution >= 0.6 is 0 Å². The van der Waals surface area contributed by atoms with Crippen molar-refractivity contribution in [3.05, 3.63) is 35.9 Å². The zero-order chi connectivity index (χ0) is 22.8. The van der Waals surface area contributed by atoms with Gasteiger partial charge in [0.1, 0.15) is 12.2 Å². The molecule has 1 aliphatic carbocycles. The Morgan fingerprint density at radius 2 is 1.84 bits per heavy atom. The van der Waals surface area contributed by atoms with Gasteiger partial charge in [0.25, 0.3) is 0 Å². The summed E-state index contributed by atoms with van der Waals surface area (Å²) < 4.78 is 24.0. The standard InChI is InChI=1S/C24H36O6Si/c1-7-27-22(25)19-17-13-14-18(28-15-16-11-9-8-10-12-16)21(20(17)29-23(19)26)30-31(5,6)24(2,3)4/h8-12,17-21H,7,13-15H2,1-6H3/t17-,18+,19+,20+,21-/m0/s1. The monoisotopic (exact) mass is 448 g/mol. The first-order chi connectivity index (χ1) is 14.5. The number of hydrogen-bond donors (Lipinski definition) is 0. The summed E-state index contributed by atoms with van der Waals surface area (Å²) in [5.41, 5.74) is 1.09. The van der Waals surface area contributed by atoms with Crippen molar-refractivity contribution in [2.45, 2.75) is 83.6 Å². The van der Waals surface area contributed by atoms with E-state index in [2.05, 4.69) is 33.9 Å². The highest BCUT2D eigenvalue weighted by Gasteiger charge is 2.58. The quantitative estimate of drug-likeness (QED) is 0.348. The molecule has 172 valence electrons. The first kappa shape index (κ1) is 23.9. The van der Waals surface area contributed by atoms with Gasteiger partial charge in [-0.2, -0.15) is 0 Å². The van der Waals surface area contributed by atoms with Crippen LogP contribution in [0.1, 0.15) is 46.1 Å². The normalized spacial score (nSPS) is 28.7. The molecule has 0 amide bonds. The molecule has 3 rings (SSSR count). The highest BCUT2D eigenvalue weighted by Crippen LogP contribution is 2.45. The van der Waals surface area contributed by atoms with Crippen molar-refractivity contribution in [1.29, 1.82) is 0 Å². The van der Waals surface area contributed by atoms with Crippen molar-refractivity contribution in [2.75, 3.05) is 6.61 Å². The first-order valence-electron chi connectivity index (χ1n) is 11.3. The van der Waals surface area contributed by atoms with Gasteiger partial charge in [-0.3, -0.25) is 9.59 Å². The number of rotatable bonds is 7. The van der Waals surface area contributed by atoms with E-state index >= 15 is 0 Å². The van der Waals surface area contributed by atoms with Crippen LogP contribution < -0.4 is 0 Å². The van der Waals surface area contributed by atoms with E-state index in [1.54, 1.807) is 6.92 Å². The third-order valence-corrected chi connectivity index (χ3v) is 11.4. The summed E-state index contributed by atoms with van der Waals surface area (Å²) in [6.07, 6.45) is 0.276. The van der Waals surface area contributed by atoms with Gasteiger partial charge >= 0.3 is 11.9 Å². The van der Waals surface area contributed by atoms with Crippen molar-refractivity contribution in [3.63, 3.8) is 0 Å². The lowest BCUT2D eigenvalue weighted by molar-refractivity contribution is -0.159. The predicted molar refractivity (Wildman–Crippen MR) is 120 cm³/mol. The van der Waals surface area contributed by atoms with Crippen LogP contribution in [0.25, 0.3) is 0 Å².